The van der Waals surface area contributed by atoms with Crippen LogP contribution in [0.25, 0.3) is 0 Å². The van der Waals surface area contributed by atoms with E-state index in [1.165, 1.54) is 12.5 Å². The minimum absolute atomic E-state index is 0.0394. The number of fused-ring (bicyclic) bond motifs is 2. The van der Waals surface area contributed by atoms with Crippen LogP contribution in [-0.2, 0) is 25.4 Å². The number of rotatable bonds is 15. The van der Waals surface area contributed by atoms with Crippen molar-refractivity contribution in [1.82, 2.24) is 5.32 Å². The summed E-state index contributed by atoms with van der Waals surface area (Å²) in [6.45, 7) is 11.5. The maximum Gasteiger partial charge on any atom is 0.232 e. The number of para-hydroxylation sites is 1. The van der Waals surface area contributed by atoms with Gasteiger partial charge in [0.05, 0.1) is 24.2 Å². The molecule has 10 heteroatoms. The van der Waals surface area contributed by atoms with Gasteiger partial charge in [-0.25, -0.2) is 0 Å². The van der Waals surface area contributed by atoms with E-state index in [-0.39, 0.29) is 36.9 Å². The number of aliphatic hydroxyl groups excluding tert-OH is 3. The van der Waals surface area contributed by atoms with Gasteiger partial charge in [0.1, 0.15) is 30.0 Å². The fraction of sp³-hybridized carbons (Fsp3) is 0.457. The summed E-state index contributed by atoms with van der Waals surface area (Å²) in [6, 6.07) is 26.3. The van der Waals surface area contributed by atoms with E-state index in [1.807, 2.05) is 79.0 Å². The van der Waals surface area contributed by atoms with E-state index in [0.717, 1.165) is 28.8 Å². The number of carbonyl (C=O) groups excluding carboxylic acids is 1. The minimum atomic E-state index is -1.71. The van der Waals surface area contributed by atoms with Gasteiger partial charge < -0.3 is 45.3 Å². The molecule has 3 saturated heterocycles. The van der Waals surface area contributed by atoms with Gasteiger partial charge in [0.2, 0.25) is 11.7 Å². The van der Waals surface area contributed by atoms with Gasteiger partial charge in [0, 0.05) is 35.3 Å². The Morgan fingerprint density at radius 1 is 0.964 bits per heavy atom. The Morgan fingerprint density at radius 2 is 1.62 bits per heavy atom. The molecule has 0 saturated carbocycles. The normalized spacial score (nSPS) is 28.2. The molecular formula is C46H58N2O8. The van der Waals surface area contributed by atoms with Crippen molar-refractivity contribution in [2.24, 2.45) is 5.41 Å². The topological polar surface area (TPSA) is 150 Å². The molecule has 10 nitrogen and oxygen atoms in total. The predicted octanol–water partition coefficient (Wildman–Crippen LogP) is 6.20. The Kier molecular flexibility index (Phi) is 11.9. The highest BCUT2D eigenvalue weighted by atomic mass is 16.8. The monoisotopic (exact) mass is 766 g/mol. The lowest BCUT2D eigenvalue weighted by atomic mass is 9.64. The third kappa shape index (κ3) is 7.40. The molecule has 2 bridgehead atoms. The van der Waals surface area contributed by atoms with Gasteiger partial charge in [0.15, 0.2) is 0 Å². The highest BCUT2D eigenvalue weighted by molar-refractivity contribution is 5.95. The van der Waals surface area contributed by atoms with E-state index in [2.05, 4.69) is 47.9 Å². The largest absolute Gasteiger partial charge is 0.396 e. The van der Waals surface area contributed by atoms with Crippen molar-refractivity contribution in [3.63, 3.8) is 0 Å². The van der Waals surface area contributed by atoms with Gasteiger partial charge in [0.25, 0.3) is 0 Å². The molecule has 300 valence electrons. The molecule has 4 aliphatic rings. The SMILES string of the molecule is CCc1ccccc1C(C(C=C1C=CC=CN1)c1ccccc1NC(=O)C(C)(C)COC(C)(C)C1OC2(CO)OC(C)(C1O)C2(C)O)C(CO)c1ccccc1. The van der Waals surface area contributed by atoms with Crippen molar-refractivity contribution in [2.75, 3.05) is 25.1 Å². The standard InChI is InChI=1S/C46H58N2O8/c1-8-30-18-12-13-22-33(30)38(36(27-49)31-19-10-9-11-20-31)35(26-32-21-16-17-25-47-32)34-23-14-15-24-37(34)48-41(52)42(2,3)29-54-43(4,5)40-39(51)44(6)45(7,53)46(28-50,55-40)56-44/h9-26,35-36,38-40,47,49-51,53H,8,27-29H2,1-7H3,(H,48,52). The second kappa shape index (κ2) is 16.0. The molecule has 3 aromatic carbocycles. The molecule has 8 unspecified atom stereocenters. The molecule has 0 aromatic heterocycles. The molecule has 8 atom stereocenters. The van der Waals surface area contributed by atoms with Crippen LogP contribution in [0.4, 0.5) is 5.69 Å². The van der Waals surface area contributed by atoms with Gasteiger partial charge in [-0.3, -0.25) is 4.79 Å². The summed E-state index contributed by atoms with van der Waals surface area (Å²) in [6.07, 6.45) is 8.54. The molecule has 7 rings (SSSR count). The van der Waals surface area contributed by atoms with Crippen LogP contribution in [0.1, 0.15) is 88.5 Å². The fourth-order valence-corrected chi connectivity index (χ4v) is 8.43. The zero-order valence-corrected chi connectivity index (χ0v) is 33.5. The summed E-state index contributed by atoms with van der Waals surface area (Å²) < 4.78 is 18.2. The summed E-state index contributed by atoms with van der Waals surface area (Å²) >= 11 is 0. The Morgan fingerprint density at radius 3 is 2.25 bits per heavy atom. The maximum atomic E-state index is 14.4. The van der Waals surface area contributed by atoms with Crippen LogP contribution in [0.5, 0.6) is 0 Å². The third-order valence-electron chi connectivity index (χ3n) is 12.3. The highest BCUT2D eigenvalue weighted by Gasteiger charge is 2.80. The number of benzene rings is 3. The maximum absolute atomic E-state index is 14.4. The van der Waals surface area contributed by atoms with Crippen molar-refractivity contribution in [1.29, 1.82) is 0 Å². The average Bonchev–Trinajstić information content (AvgIpc) is 3.20. The predicted molar refractivity (Wildman–Crippen MR) is 217 cm³/mol. The van der Waals surface area contributed by atoms with E-state index in [1.54, 1.807) is 34.6 Å². The molecule has 4 aliphatic heterocycles. The molecule has 3 fully saturated rings. The summed E-state index contributed by atoms with van der Waals surface area (Å²) in [5, 5.41) is 50.5. The molecule has 0 aliphatic carbocycles. The number of aliphatic hydroxyl groups is 4. The van der Waals surface area contributed by atoms with Gasteiger partial charge in [-0.15, -0.1) is 0 Å². The second-order valence-electron chi connectivity index (χ2n) is 16.8. The lowest BCUT2D eigenvalue weighted by Crippen LogP contribution is -2.91. The van der Waals surface area contributed by atoms with Crippen LogP contribution < -0.4 is 10.6 Å². The molecule has 0 radical (unpaired) electrons. The smallest absolute Gasteiger partial charge is 0.232 e. The Bertz CT molecular complexity index is 1950. The van der Waals surface area contributed by atoms with E-state index in [0.29, 0.717) is 5.69 Å². The lowest BCUT2D eigenvalue weighted by Gasteiger charge is -2.71. The number of carbonyl (C=O) groups is 1. The summed E-state index contributed by atoms with van der Waals surface area (Å²) in [5.74, 6) is -2.82. The van der Waals surface area contributed by atoms with Crippen LogP contribution in [0, 0.1) is 5.41 Å². The van der Waals surface area contributed by atoms with E-state index in [4.69, 9.17) is 14.2 Å². The van der Waals surface area contributed by atoms with Crippen molar-refractivity contribution in [2.45, 2.75) is 107 Å². The van der Waals surface area contributed by atoms with Gasteiger partial charge in [-0.2, -0.15) is 0 Å². The average molecular weight is 767 g/mol. The van der Waals surface area contributed by atoms with E-state index in [9.17, 15) is 25.2 Å². The van der Waals surface area contributed by atoms with Crippen LogP contribution in [0.3, 0.4) is 0 Å². The highest BCUT2D eigenvalue weighted by Crippen LogP contribution is 2.59. The van der Waals surface area contributed by atoms with Crippen molar-refractivity contribution >= 4 is 11.6 Å². The molecule has 3 aromatic rings. The number of amides is 1. The first-order valence-electron chi connectivity index (χ1n) is 19.5. The van der Waals surface area contributed by atoms with Gasteiger partial charge >= 0.3 is 0 Å². The first-order valence-corrected chi connectivity index (χ1v) is 19.5. The molecule has 6 N–H and O–H groups in total. The zero-order chi connectivity index (χ0) is 40.5. The first-order chi connectivity index (χ1) is 26.6. The number of nitrogens with one attached hydrogen (secondary N) is 2. The zero-order valence-electron chi connectivity index (χ0n) is 33.5. The molecule has 1 amide bonds. The minimum Gasteiger partial charge on any atom is -0.396 e. The Hall–Kier alpha value is -4.13. The van der Waals surface area contributed by atoms with E-state index < -0.39 is 46.8 Å². The van der Waals surface area contributed by atoms with Crippen LogP contribution in [0.2, 0.25) is 0 Å². The van der Waals surface area contributed by atoms with Crippen molar-refractivity contribution in [3.8, 4) is 0 Å². The molecule has 56 heavy (non-hydrogen) atoms. The Labute approximate surface area is 330 Å². The summed E-state index contributed by atoms with van der Waals surface area (Å²) in [5.41, 5.74) is 0.481. The summed E-state index contributed by atoms with van der Waals surface area (Å²) in [4.78, 5) is 14.4. The molecule has 0 spiro atoms. The lowest BCUT2D eigenvalue weighted by molar-refractivity contribution is -0.551. The van der Waals surface area contributed by atoms with Crippen LogP contribution >= 0.6 is 0 Å². The van der Waals surface area contributed by atoms with Gasteiger partial charge in [-0.1, -0.05) is 91.9 Å². The number of anilines is 1. The number of dihydropyridines is 1. The second-order valence-corrected chi connectivity index (χ2v) is 16.8. The number of ether oxygens (including phenoxy) is 3. The third-order valence-corrected chi connectivity index (χ3v) is 12.3. The van der Waals surface area contributed by atoms with Crippen molar-refractivity contribution in [3.05, 3.63) is 137 Å². The number of hydrogen-bond acceptors (Lipinski definition) is 9. The number of allylic oxidation sites excluding steroid dienone is 4. The number of aryl methyl sites for hydroxylation is 1. The Balaban J connectivity index is 1.33. The summed E-state index contributed by atoms with van der Waals surface area (Å²) in [7, 11) is 0. The quantitative estimate of drug-likeness (QED) is 0.106. The van der Waals surface area contributed by atoms with Crippen molar-refractivity contribution < 1.29 is 39.4 Å². The molecular weight excluding hydrogens is 709 g/mol. The first kappa shape index (κ1) is 41.5. The van der Waals surface area contributed by atoms with Crippen LogP contribution in [-0.4, -0.2) is 81.0 Å². The van der Waals surface area contributed by atoms with Gasteiger partial charge in [-0.05, 0) is 88.4 Å². The number of hydrogen-bond donors (Lipinski definition) is 6. The fourth-order valence-electron chi connectivity index (χ4n) is 8.43. The molecule has 4 heterocycles. The van der Waals surface area contributed by atoms with E-state index >= 15 is 0 Å². The van der Waals surface area contributed by atoms with Crippen LogP contribution in [0.15, 0.2) is 115 Å².